The fourth-order valence-electron chi connectivity index (χ4n) is 1.15. The van der Waals surface area contributed by atoms with Gasteiger partial charge in [0.15, 0.2) is 0 Å². The van der Waals surface area contributed by atoms with Crippen molar-refractivity contribution in [3.05, 3.63) is 18.0 Å². The number of nitrogens with zero attached hydrogens (tertiary/aromatic N) is 3. The molecular weight excluding hydrogens is 274 g/mol. The first kappa shape index (κ1) is 12.8. The van der Waals surface area contributed by atoms with Crippen LogP contribution in [0.25, 0.3) is 0 Å². The Labute approximate surface area is 104 Å². The molecule has 0 bridgehead atoms. The summed E-state index contributed by atoms with van der Waals surface area (Å²) in [6, 6.07) is 0.454. The second-order valence-corrected chi connectivity index (χ2v) is 4.91. The summed E-state index contributed by atoms with van der Waals surface area (Å²) in [4.78, 5) is 10.8. The van der Waals surface area contributed by atoms with E-state index in [1.165, 1.54) is 0 Å². The summed E-state index contributed by atoms with van der Waals surface area (Å²) < 4.78 is 0. The van der Waals surface area contributed by atoms with Gasteiger partial charge in [0.05, 0.1) is 0 Å². The van der Waals surface area contributed by atoms with Crippen molar-refractivity contribution in [2.24, 2.45) is 0 Å². The van der Waals surface area contributed by atoms with E-state index in [4.69, 9.17) is 0 Å². The first-order valence-corrected chi connectivity index (χ1v) is 7.29. The Morgan fingerprint density at radius 3 is 2.53 bits per heavy atom. The third kappa shape index (κ3) is 3.65. The van der Waals surface area contributed by atoms with Gasteiger partial charge in [-0.15, -0.1) is 0 Å². The lowest BCUT2D eigenvalue weighted by Gasteiger charge is -2.24. The zero-order valence-electron chi connectivity index (χ0n) is 9.27. The maximum Gasteiger partial charge on any atom is 0.225 e. The number of rotatable bonds is 5. The summed E-state index contributed by atoms with van der Waals surface area (Å²) in [6.07, 6.45) is 5.83. The molecule has 0 saturated heterocycles. The molecule has 0 aliphatic rings. The van der Waals surface area contributed by atoms with E-state index in [0.717, 1.165) is 22.6 Å². The van der Waals surface area contributed by atoms with Crippen molar-refractivity contribution >= 4 is 33.6 Å². The van der Waals surface area contributed by atoms with Gasteiger partial charge in [0.2, 0.25) is 5.95 Å². The normalized spacial score (nSPS) is 12.5. The van der Waals surface area contributed by atoms with Crippen molar-refractivity contribution < 1.29 is 0 Å². The van der Waals surface area contributed by atoms with Crippen LogP contribution in [0, 0.1) is 0 Å². The van der Waals surface area contributed by atoms with Gasteiger partial charge in [-0.25, -0.2) is 9.97 Å². The minimum Gasteiger partial charge on any atom is -0.340 e. The molecule has 0 radical (unpaired) electrons. The quantitative estimate of drug-likeness (QED) is 0.779. The molecule has 1 aromatic rings. The molecule has 1 heterocycles. The lowest BCUT2D eigenvalue weighted by Crippen LogP contribution is -2.32. The summed E-state index contributed by atoms with van der Waals surface area (Å²) in [7, 11) is 2.03. The van der Waals surface area contributed by atoms with E-state index in [1.807, 2.05) is 31.2 Å². The SMILES string of the molecule is CSCC(C)N(C)c1ncc(CBr)cn1. The monoisotopic (exact) mass is 289 g/mol. The number of anilines is 1. The Morgan fingerprint density at radius 2 is 2.07 bits per heavy atom. The van der Waals surface area contributed by atoms with Crippen molar-refractivity contribution in [2.75, 3.05) is 24.0 Å². The molecule has 1 rings (SSSR count). The molecule has 1 unspecified atom stereocenters. The van der Waals surface area contributed by atoms with Gasteiger partial charge in [-0.3, -0.25) is 0 Å². The number of halogens is 1. The van der Waals surface area contributed by atoms with Crippen LogP contribution in [-0.2, 0) is 5.33 Å². The Bertz CT molecular complexity index is 291. The summed E-state index contributed by atoms with van der Waals surface area (Å²) in [5, 5.41) is 0.803. The van der Waals surface area contributed by atoms with E-state index < -0.39 is 0 Å². The van der Waals surface area contributed by atoms with Crippen LogP contribution >= 0.6 is 27.7 Å². The van der Waals surface area contributed by atoms with Gasteiger partial charge in [0.1, 0.15) is 0 Å². The highest BCUT2D eigenvalue weighted by atomic mass is 79.9. The maximum absolute atomic E-state index is 4.33. The van der Waals surface area contributed by atoms with Crippen LogP contribution in [0.15, 0.2) is 12.4 Å². The fourth-order valence-corrected chi connectivity index (χ4v) is 2.14. The van der Waals surface area contributed by atoms with Crippen molar-refractivity contribution in [3.8, 4) is 0 Å². The lowest BCUT2D eigenvalue weighted by atomic mass is 10.3. The van der Waals surface area contributed by atoms with Gasteiger partial charge < -0.3 is 4.90 Å². The van der Waals surface area contributed by atoms with E-state index >= 15 is 0 Å². The molecule has 0 aliphatic heterocycles. The predicted molar refractivity (Wildman–Crippen MR) is 70.9 cm³/mol. The van der Waals surface area contributed by atoms with E-state index in [9.17, 15) is 0 Å². The molecule has 1 aromatic heterocycles. The highest BCUT2D eigenvalue weighted by Gasteiger charge is 2.11. The van der Waals surface area contributed by atoms with E-state index in [1.54, 1.807) is 0 Å². The van der Waals surface area contributed by atoms with E-state index in [0.29, 0.717) is 6.04 Å². The number of thioether (sulfide) groups is 1. The average Bonchev–Trinajstić information content (AvgIpc) is 2.28. The highest BCUT2D eigenvalue weighted by molar-refractivity contribution is 9.08. The Morgan fingerprint density at radius 1 is 1.47 bits per heavy atom. The summed E-state index contributed by atoms with van der Waals surface area (Å²) in [5.41, 5.74) is 1.10. The molecular formula is C10H16BrN3S. The minimum absolute atomic E-state index is 0.454. The second-order valence-electron chi connectivity index (χ2n) is 3.44. The molecule has 0 spiro atoms. The molecule has 1 atom stereocenters. The Kier molecular flexibility index (Phi) is 5.39. The highest BCUT2D eigenvalue weighted by Crippen LogP contribution is 2.12. The van der Waals surface area contributed by atoms with Gasteiger partial charge in [0.25, 0.3) is 0 Å². The van der Waals surface area contributed by atoms with Gasteiger partial charge in [0, 0.05) is 36.6 Å². The molecule has 0 aliphatic carbocycles. The van der Waals surface area contributed by atoms with Crippen LogP contribution in [0.5, 0.6) is 0 Å². The van der Waals surface area contributed by atoms with Crippen LogP contribution in [0.1, 0.15) is 12.5 Å². The van der Waals surface area contributed by atoms with Gasteiger partial charge in [-0.05, 0) is 18.7 Å². The molecule has 0 N–H and O–H groups in total. The van der Waals surface area contributed by atoms with Crippen LogP contribution < -0.4 is 4.90 Å². The van der Waals surface area contributed by atoms with Gasteiger partial charge >= 0.3 is 0 Å². The molecule has 3 nitrogen and oxygen atoms in total. The van der Waals surface area contributed by atoms with E-state index in [-0.39, 0.29) is 0 Å². The van der Waals surface area contributed by atoms with Crippen LogP contribution in [0.4, 0.5) is 5.95 Å². The number of alkyl halides is 1. The van der Waals surface area contributed by atoms with Crippen molar-refractivity contribution in [1.29, 1.82) is 0 Å². The maximum atomic E-state index is 4.33. The molecule has 5 heteroatoms. The van der Waals surface area contributed by atoms with Crippen molar-refractivity contribution in [2.45, 2.75) is 18.3 Å². The number of hydrogen-bond donors (Lipinski definition) is 0. The summed E-state index contributed by atoms with van der Waals surface area (Å²) >= 11 is 5.21. The van der Waals surface area contributed by atoms with Crippen LogP contribution in [-0.4, -0.2) is 35.1 Å². The van der Waals surface area contributed by atoms with Gasteiger partial charge in [-0.1, -0.05) is 15.9 Å². The Balaban J connectivity index is 2.69. The standard InChI is InChI=1S/C10H16BrN3S/c1-8(7-15-3)14(2)10-12-5-9(4-11)6-13-10/h5-6,8H,4,7H2,1-3H3. The third-order valence-corrected chi connectivity index (χ3v) is 3.69. The smallest absolute Gasteiger partial charge is 0.225 e. The first-order valence-electron chi connectivity index (χ1n) is 4.77. The van der Waals surface area contributed by atoms with Crippen molar-refractivity contribution in [1.82, 2.24) is 9.97 Å². The molecule has 0 fully saturated rings. The molecule has 0 aromatic carbocycles. The first-order chi connectivity index (χ1) is 7.19. The third-order valence-electron chi connectivity index (χ3n) is 2.23. The molecule has 0 amide bonds. The van der Waals surface area contributed by atoms with E-state index in [2.05, 4.69) is 44.0 Å². The number of hydrogen-bond acceptors (Lipinski definition) is 4. The second kappa shape index (κ2) is 6.33. The lowest BCUT2D eigenvalue weighted by molar-refractivity contribution is 0.737. The predicted octanol–water partition coefficient (Wildman–Crippen LogP) is 2.56. The zero-order chi connectivity index (χ0) is 11.3. The zero-order valence-corrected chi connectivity index (χ0v) is 11.7. The van der Waals surface area contributed by atoms with Crippen molar-refractivity contribution in [3.63, 3.8) is 0 Å². The number of aromatic nitrogens is 2. The molecule has 0 saturated carbocycles. The molecule has 84 valence electrons. The fraction of sp³-hybridized carbons (Fsp3) is 0.600. The average molecular weight is 290 g/mol. The summed E-state index contributed by atoms with van der Waals surface area (Å²) in [5.74, 6) is 1.88. The minimum atomic E-state index is 0.454. The van der Waals surface area contributed by atoms with Crippen LogP contribution in [0.3, 0.4) is 0 Å². The molecule has 15 heavy (non-hydrogen) atoms. The van der Waals surface area contributed by atoms with Crippen LogP contribution in [0.2, 0.25) is 0 Å². The largest absolute Gasteiger partial charge is 0.340 e. The topological polar surface area (TPSA) is 29.0 Å². The van der Waals surface area contributed by atoms with Gasteiger partial charge in [-0.2, -0.15) is 11.8 Å². The summed E-state index contributed by atoms with van der Waals surface area (Å²) in [6.45, 7) is 2.18. The Hall–Kier alpha value is -0.290.